The smallest absolute Gasteiger partial charge is 0.341 e. The lowest BCUT2D eigenvalue weighted by Crippen LogP contribution is -2.04. The number of methoxy groups -OCH3 is 2. The van der Waals surface area contributed by atoms with E-state index in [4.69, 9.17) is 9.15 Å². The van der Waals surface area contributed by atoms with Gasteiger partial charge in [0, 0.05) is 12.7 Å². The SMILES string of the molecule is COCc1c(C(=O)OC)coc1C. The summed E-state index contributed by atoms with van der Waals surface area (Å²) in [6.45, 7) is 2.13. The molecule has 0 aliphatic heterocycles. The van der Waals surface area contributed by atoms with Crippen molar-refractivity contribution >= 4 is 5.97 Å². The average molecular weight is 184 g/mol. The van der Waals surface area contributed by atoms with Gasteiger partial charge in [0.15, 0.2) is 0 Å². The largest absolute Gasteiger partial charge is 0.468 e. The summed E-state index contributed by atoms with van der Waals surface area (Å²) in [5.74, 6) is 0.283. The van der Waals surface area contributed by atoms with Crippen LogP contribution in [0, 0.1) is 6.92 Å². The van der Waals surface area contributed by atoms with Crippen molar-refractivity contribution in [3.63, 3.8) is 0 Å². The molecule has 0 N–H and O–H groups in total. The first kappa shape index (κ1) is 9.80. The summed E-state index contributed by atoms with van der Waals surface area (Å²) < 4.78 is 14.6. The predicted molar refractivity (Wildman–Crippen MR) is 45.5 cm³/mol. The zero-order chi connectivity index (χ0) is 9.84. The van der Waals surface area contributed by atoms with E-state index in [0.29, 0.717) is 17.9 Å². The van der Waals surface area contributed by atoms with Crippen LogP contribution in [0.3, 0.4) is 0 Å². The van der Waals surface area contributed by atoms with Gasteiger partial charge in [0.2, 0.25) is 0 Å². The summed E-state index contributed by atoms with van der Waals surface area (Å²) >= 11 is 0. The first-order valence-corrected chi connectivity index (χ1v) is 3.85. The van der Waals surface area contributed by atoms with Gasteiger partial charge in [0.1, 0.15) is 17.6 Å². The lowest BCUT2D eigenvalue weighted by atomic mass is 10.1. The maximum atomic E-state index is 11.2. The molecule has 0 aliphatic rings. The molecule has 0 radical (unpaired) electrons. The molecule has 0 unspecified atom stereocenters. The Bertz CT molecular complexity index is 301. The van der Waals surface area contributed by atoms with Gasteiger partial charge in [-0.15, -0.1) is 0 Å². The normalized spacial score (nSPS) is 10.1. The molecule has 0 atom stereocenters. The van der Waals surface area contributed by atoms with E-state index < -0.39 is 5.97 Å². The Morgan fingerprint density at radius 3 is 2.77 bits per heavy atom. The van der Waals surface area contributed by atoms with E-state index in [9.17, 15) is 4.79 Å². The van der Waals surface area contributed by atoms with Crippen molar-refractivity contribution in [2.45, 2.75) is 13.5 Å². The highest BCUT2D eigenvalue weighted by Crippen LogP contribution is 2.18. The molecule has 0 amide bonds. The van der Waals surface area contributed by atoms with E-state index >= 15 is 0 Å². The molecule has 72 valence electrons. The fourth-order valence-electron chi connectivity index (χ4n) is 1.08. The van der Waals surface area contributed by atoms with Crippen molar-refractivity contribution in [3.8, 4) is 0 Å². The topological polar surface area (TPSA) is 48.7 Å². The molecular weight excluding hydrogens is 172 g/mol. The van der Waals surface area contributed by atoms with E-state index in [0.717, 1.165) is 5.56 Å². The van der Waals surface area contributed by atoms with Crippen molar-refractivity contribution in [1.29, 1.82) is 0 Å². The molecule has 0 spiro atoms. The van der Waals surface area contributed by atoms with Gasteiger partial charge >= 0.3 is 5.97 Å². The Morgan fingerprint density at radius 1 is 1.54 bits per heavy atom. The van der Waals surface area contributed by atoms with Gasteiger partial charge in [-0.2, -0.15) is 0 Å². The number of hydrogen-bond donors (Lipinski definition) is 0. The van der Waals surface area contributed by atoms with Crippen LogP contribution in [-0.2, 0) is 16.1 Å². The second kappa shape index (κ2) is 4.09. The van der Waals surface area contributed by atoms with E-state index in [1.165, 1.54) is 13.4 Å². The number of carbonyl (C=O) groups excluding carboxylic acids is 1. The second-order valence-corrected chi connectivity index (χ2v) is 2.61. The maximum absolute atomic E-state index is 11.2. The molecule has 0 aromatic carbocycles. The Balaban J connectivity index is 2.99. The van der Waals surface area contributed by atoms with Gasteiger partial charge in [-0.1, -0.05) is 0 Å². The molecule has 4 heteroatoms. The van der Waals surface area contributed by atoms with E-state index in [1.807, 2.05) is 0 Å². The molecule has 0 fully saturated rings. The zero-order valence-corrected chi connectivity index (χ0v) is 7.92. The van der Waals surface area contributed by atoms with Crippen molar-refractivity contribution in [1.82, 2.24) is 0 Å². The predicted octanol–water partition coefficient (Wildman–Crippen LogP) is 1.52. The lowest BCUT2D eigenvalue weighted by molar-refractivity contribution is 0.0595. The van der Waals surface area contributed by atoms with Gasteiger partial charge in [-0.3, -0.25) is 0 Å². The minimum atomic E-state index is -0.399. The van der Waals surface area contributed by atoms with Crippen molar-refractivity contribution in [3.05, 3.63) is 23.2 Å². The molecular formula is C9H12O4. The fourth-order valence-corrected chi connectivity index (χ4v) is 1.08. The van der Waals surface area contributed by atoms with Crippen LogP contribution in [0.25, 0.3) is 0 Å². The van der Waals surface area contributed by atoms with E-state index in [-0.39, 0.29) is 0 Å². The summed E-state index contributed by atoms with van der Waals surface area (Å²) in [6, 6.07) is 0. The highest BCUT2D eigenvalue weighted by atomic mass is 16.5. The monoisotopic (exact) mass is 184 g/mol. The van der Waals surface area contributed by atoms with Crippen LogP contribution in [0.4, 0.5) is 0 Å². The van der Waals surface area contributed by atoms with Gasteiger partial charge in [0.05, 0.1) is 13.7 Å². The Hall–Kier alpha value is -1.29. The van der Waals surface area contributed by atoms with Crippen LogP contribution in [-0.4, -0.2) is 20.2 Å². The highest BCUT2D eigenvalue weighted by molar-refractivity contribution is 5.90. The maximum Gasteiger partial charge on any atom is 0.341 e. The number of aryl methyl sites for hydroxylation is 1. The molecule has 0 bridgehead atoms. The third kappa shape index (κ3) is 1.89. The number of hydrogen-bond acceptors (Lipinski definition) is 4. The van der Waals surface area contributed by atoms with Crippen LogP contribution in [0.1, 0.15) is 21.7 Å². The minimum absolute atomic E-state index is 0.354. The summed E-state index contributed by atoms with van der Waals surface area (Å²) in [7, 11) is 2.90. The molecule has 0 saturated heterocycles. The first-order valence-electron chi connectivity index (χ1n) is 3.85. The molecule has 13 heavy (non-hydrogen) atoms. The molecule has 1 aromatic heterocycles. The molecule has 0 saturated carbocycles. The van der Waals surface area contributed by atoms with Gasteiger partial charge in [-0.25, -0.2) is 4.79 Å². The Morgan fingerprint density at radius 2 is 2.23 bits per heavy atom. The van der Waals surface area contributed by atoms with Crippen LogP contribution in [0.15, 0.2) is 10.7 Å². The lowest BCUT2D eigenvalue weighted by Gasteiger charge is -2.00. The molecule has 1 rings (SSSR count). The molecule has 4 nitrogen and oxygen atoms in total. The van der Waals surface area contributed by atoms with E-state index in [2.05, 4.69) is 4.74 Å². The standard InChI is InChI=1S/C9H12O4/c1-6-7(4-11-2)8(5-13-6)9(10)12-3/h5H,4H2,1-3H3. The average Bonchev–Trinajstić information content (AvgIpc) is 2.48. The quantitative estimate of drug-likeness (QED) is 0.668. The molecule has 1 heterocycles. The van der Waals surface area contributed by atoms with Crippen LogP contribution >= 0.6 is 0 Å². The van der Waals surface area contributed by atoms with Gasteiger partial charge in [-0.05, 0) is 6.92 Å². The number of furan rings is 1. The Kier molecular flexibility index (Phi) is 3.08. The molecule has 1 aromatic rings. The van der Waals surface area contributed by atoms with Gasteiger partial charge < -0.3 is 13.9 Å². The second-order valence-electron chi connectivity index (χ2n) is 2.61. The summed E-state index contributed by atoms with van der Waals surface area (Å²) in [6.07, 6.45) is 1.38. The van der Waals surface area contributed by atoms with Crippen molar-refractivity contribution in [2.75, 3.05) is 14.2 Å². The number of esters is 1. The third-order valence-corrected chi connectivity index (χ3v) is 1.80. The Labute approximate surface area is 76.4 Å². The van der Waals surface area contributed by atoms with Crippen LogP contribution in [0.5, 0.6) is 0 Å². The number of ether oxygens (including phenoxy) is 2. The van der Waals surface area contributed by atoms with Gasteiger partial charge in [0.25, 0.3) is 0 Å². The molecule has 0 aliphatic carbocycles. The van der Waals surface area contributed by atoms with Crippen LogP contribution in [0.2, 0.25) is 0 Å². The first-order chi connectivity index (χ1) is 6.20. The zero-order valence-electron chi connectivity index (χ0n) is 7.92. The summed E-state index contributed by atoms with van der Waals surface area (Å²) in [4.78, 5) is 11.2. The van der Waals surface area contributed by atoms with Crippen molar-refractivity contribution in [2.24, 2.45) is 0 Å². The fraction of sp³-hybridized carbons (Fsp3) is 0.444. The minimum Gasteiger partial charge on any atom is -0.468 e. The van der Waals surface area contributed by atoms with Crippen LogP contribution < -0.4 is 0 Å². The highest BCUT2D eigenvalue weighted by Gasteiger charge is 2.17. The number of rotatable bonds is 3. The summed E-state index contributed by atoms with van der Waals surface area (Å²) in [5.41, 5.74) is 1.18. The number of carbonyl (C=O) groups is 1. The third-order valence-electron chi connectivity index (χ3n) is 1.80. The summed E-state index contributed by atoms with van der Waals surface area (Å²) in [5, 5.41) is 0. The van der Waals surface area contributed by atoms with E-state index in [1.54, 1.807) is 14.0 Å². The van der Waals surface area contributed by atoms with Crippen molar-refractivity contribution < 1.29 is 18.7 Å².